The first-order valence-electron chi connectivity index (χ1n) is 10.6. The Morgan fingerprint density at radius 1 is 1.03 bits per heavy atom. The van der Waals surface area contributed by atoms with Crippen molar-refractivity contribution in [3.05, 3.63) is 83.7 Å². The normalized spacial score (nSPS) is 13.5. The molecule has 0 bridgehead atoms. The van der Waals surface area contributed by atoms with Crippen molar-refractivity contribution in [3.63, 3.8) is 0 Å². The summed E-state index contributed by atoms with van der Waals surface area (Å²) in [7, 11) is 3.57. The summed E-state index contributed by atoms with van der Waals surface area (Å²) in [5.74, 6) is 0.484. The molecule has 4 aromatic rings. The smallest absolute Gasteiger partial charge is 0.246 e. The molecule has 6 heteroatoms. The average Bonchev–Trinajstić information content (AvgIpc) is 3.14. The molecule has 1 aliphatic heterocycles. The number of benzene rings is 2. The third-order valence-corrected chi connectivity index (χ3v) is 6.05. The van der Waals surface area contributed by atoms with Crippen LogP contribution in [0, 0.1) is 0 Å². The zero-order valence-electron chi connectivity index (χ0n) is 18.2. The van der Waals surface area contributed by atoms with Gasteiger partial charge >= 0.3 is 0 Å². The summed E-state index contributed by atoms with van der Waals surface area (Å²) >= 11 is 0. The number of rotatable bonds is 4. The molecule has 0 saturated carbocycles. The van der Waals surface area contributed by atoms with Gasteiger partial charge < -0.3 is 14.2 Å². The summed E-state index contributed by atoms with van der Waals surface area (Å²) in [6.45, 7) is 1.35. The van der Waals surface area contributed by atoms with Gasteiger partial charge in [0.2, 0.25) is 11.8 Å². The van der Waals surface area contributed by atoms with Crippen LogP contribution in [-0.2, 0) is 24.8 Å². The second kappa shape index (κ2) is 8.30. The van der Waals surface area contributed by atoms with Crippen molar-refractivity contribution in [1.82, 2.24) is 19.4 Å². The number of methoxy groups -OCH3 is 1. The number of aromatic nitrogens is 3. The van der Waals surface area contributed by atoms with Crippen molar-refractivity contribution in [1.29, 1.82) is 0 Å². The Hall–Kier alpha value is -3.93. The Labute approximate surface area is 186 Å². The van der Waals surface area contributed by atoms with Crippen LogP contribution in [0.5, 0.6) is 5.88 Å². The molecule has 1 aliphatic rings. The van der Waals surface area contributed by atoms with Crippen molar-refractivity contribution in [2.45, 2.75) is 13.0 Å². The summed E-state index contributed by atoms with van der Waals surface area (Å²) in [5.41, 5.74) is 6.17. The second-order valence-electron chi connectivity index (χ2n) is 7.88. The molecule has 2 aromatic carbocycles. The number of amides is 1. The van der Waals surface area contributed by atoms with Gasteiger partial charge in [-0.3, -0.25) is 4.79 Å². The Balaban J connectivity index is 1.56. The minimum absolute atomic E-state index is 0.00802. The monoisotopic (exact) mass is 424 g/mol. The Bertz CT molecular complexity index is 1320. The highest BCUT2D eigenvalue weighted by atomic mass is 16.5. The average molecular weight is 425 g/mol. The van der Waals surface area contributed by atoms with Crippen LogP contribution in [0.3, 0.4) is 0 Å². The summed E-state index contributed by atoms with van der Waals surface area (Å²) in [5, 5.41) is 0.796. The number of carbonyl (C=O) groups is 1. The number of fused-ring (bicyclic) bond motifs is 2. The molecule has 32 heavy (non-hydrogen) atoms. The molecular formula is C26H24N4O2. The first-order valence-corrected chi connectivity index (χ1v) is 10.6. The van der Waals surface area contributed by atoms with Crippen molar-refractivity contribution >= 4 is 23.0 Å². The summed E-state index contributed by atoms with van der Waals surface area (Å²) < 4.78 is 7.56. The van der Waals surface area contributed by atoms with Gasteiger partial charge in [0.15, 0.2) is 0 Å². The van der Waals surface area contributed by atoms with Crippen LogP contribution in [0.25, 0.3) is 28.4 Å². The number of hydrogen-bond donors (Lipinski definition) is 0. The van der Waals surface area contributed by atoms with E-state index < -0.39 is 0 Å². The fraction of sp³-hybridized carbons (Fsp3) is 0.192. The molecule has 0 N–H and O–H groups in total. The molecule has 0 spiro atoms. The van der Waals surface area contributed by atoms with E-state index in [4.69, 9.17) is 4.74 Å². The Morgan fingerprint density at radius 2 is 1.78 bits per heavy atom. The molecule has 3 heterocycles. The van der Waals surface area contributed by atoms with Crippen molar-refractivity contribution in [2.75, 3.05) is 13.7 Å². The fourth-order valence-electron chi connectivity index (χ4n) is 4.46. The third kappa shape index (κ3) is 3.43. The highest BCUT2D eigenvalue weighted by Crippen LogP contribution is 2.37. The van der Waals surface area contributed by atoms with E-state index in [0.717, 1.165) is 34.3 Å². The standard InChI is InChI=1S/C26H24N4O2/c1-29-24(19-9-4-3-5-10-19)21(23-25(29)27-17-28-26(23)32-2)12-13-22(31)30-15-14-18-8-6-7-11-20(18)16-30/h3-13,17H,14-16H2,1-2H3/b13-12+. The number of aryl methyl sites for hydroxylation is 1. The maximum absolute atomic E-state index is 13.1. The van der Waals surface area contributed by atoms with Crippen molar-refractivity contribution < 1.29 is 9.53 Å². The second-order valence-corrected chi connectivity index (χ2v) is 7.88. The van der Waals surface area contributed by atoms with Gasteiger partial charge in [-0.25, -0.2) is 9.97 Å². The number of nitrogens with zero attached hydrogens (tertiary/aromatic N) is 4. The summed E-state index contributed by atoms with van der Waals surface area (Å²) in [4.78, 5) is 23.8. The van der Waals surface area contributed by atoms with Gasteiger partial charge in [-0.15, -0.1) is 0 Å². The molecule has 160 valence electrons. The minimum Gasteiger partial charge on any atom is -0.480 e. The largest absolute Gasteiger partial charge is 0.480 e. The van der Waals surface area contributed by atoms with Gasteiger partial charge in [-0.2, -0.15) is 0 Å². The SMILES string of the molecule is COc1ncnc2c1c(/C=C/C(=O)N1CCc3ccccc3C1)c(-c1ccccc1)n2C. The number of carbonyl (C=O) groups excluding carboxylic acids is 1. The molecule has 5 rings (SSSR count). The topological polar surface area (TPSA) is 60.3 Å². The maximum atomic E-state index is 13.1. The quantitative estimate of drug-likeness (QED) is 0.460. The Kier molecular flexibility index (Phi) is 5.19. The maximum Gasteiger partial charge on any atom is 0.246 e. The lowest BCUT2D eigenvalue weighted by Crippen LogP contribution is -2.34. The van der Waals surface area contributed by atoms with E-state index in [1.807, 2.05) is 46.9 Å². The van der Waals surface area contributed by atoms with Crippen molar-refractivity contribution in [2.24, 2.45) is 7.05 Å². The molecule has 0 aliphatic carbocycles. The van der Waals surface area contributed by atoms with Gasteiger partial charge in [-0.1, -0.05) is 54.6 Å². The van der Waals surface area contributed by atoms with Crippen LogP contribution in [0.1, 0.15) is 16.7 Å². The fourth-order valence-corrected chi connectivity index (χ4v) is 4.46. The molecule has 0 radical (unpaired) electrons. The highest BCUT2D eigenvalue weighted by molar-refractivity contribution is 6.02. The van der Waals surface area contributed by atoms with Crippen LogP contribution >= 0.6 is 0 Å². The lowest BCUT2D eigenvalue weighted by Gasteiger charge is -2.27. The van der Waals surface area contributed by atoms with Crippen LogP contribution in [-0.4, -0.2) is 39.0 Å². The van der Waals surface area contributed by atoms with Gasteiger partial charge in [0, 0.05) is 31.8 Å². The van der Waals surface area contributed by atoms with Gasteiger partial charge in [0.05, 0.1) is 18.2 Å². The molecule has 0 atom stereocenters. The predicted octanol–water partition coefficient (Wildman–Crippen LogP) is 4.24. The minimum atomic E-state index is -0.00802. The molecular weight excluding hydrogens is 400 g/mol. The molecule has 6 nitrogen and oxygen atoms in total. The van der Waals surface area contributed by atoms with E-state index in [0.29, 0.717) is 19.0 Å². The van der Waals surface area contributed by atoms with E-state index in [9.17, 15) is 4.79 Å². The number of ether oxygens (including phenoxy) is 1. The predicted molar refractivity (Wildman–Crippen MR) is 125 cm³/mol. The number of hydrogen-bond acceptors (Lipinski definition) is 4. The molecule has 1 amide bonds. The van der Waals surface area contributed by atoms with Gasteiger partial charge in [0.1, 0.15) is 12.0 Å². The van der Waals surface area contributed by atoms with Crippen molar-refractivity contribution in [3.8, 4) is 17.1 Å². The zero-order chi connectivity index (χ0) is 22.1. The molecule has 0 saturated heterocycles. The lowest BCUT2D eigenvalue weighted by molar-refractivity contribution is -0.126. The first-order chi connectivity index (χ1) is 15.7. The van der Waals surface area contributed by atoms with Gasteiger partial charge in [-0.05, 0) is 29.2 Å². The molecule has 0 unspecified atom stereocenters. The van der Waals surface area contributed by atoms with Crippen LogP contribution in [0.2, 0.25) is 0 Å². The Morgan fingerprint density at radius 3 is 2.56 bits per heavy atom. The summed E-state index contributed by atoms with van der Waals surface area (Å²) in [6.07, 6.45) is 5.90. The van der Waals surface area contributed by atoms with Crippen LogP contribution in [0.15, 0.2) is 67.0 Å². The molecule has 0 fully saturated rings. The van der Waals surface area contributed by atoms with Crippen LogP contribution in [0.4, 0.5) is 0 Å². The van der Waals surface area contributed by atoms with Gasteiger partial charge in [0.25, 0.3) is 0 Å². The lowest BCUT2D eigenvalue weighted by atomic mass is 10.00. The summed E-state index contributed by atoms with van der Waals surface area (Å²) in [6, 6.07) is 18.4. The van der Waals surface area contributed by atoms with E-state index in [1.54, 1.807) is 13.2 Å². The van der Waals surface area contributed by atoms with E-state index in [-0.39, 0.29) is 5.91 Å². The first kappa shape index (κ1) is 20.0. The third-order valence-electron chi connectivity index (χ3n) is 6.05. The van der Waals surface area contributed by atoms with E-state index >= 15 is 0 Å². The highest BCUT2D eigenvalue weighted by Gasteiger charge is 2.22. The molecule has 2 aromatic heterocycles. The van der Waals surface area contributed by atoms with E-state index in [1.165, 1.54) is 17.5 Å². The van der Waals surface area contributed by atoms with Crippen LogP contribution < -0.4 is 4.74 Å². The van der Waals surface area contributed by atoms with E-state index in [2.05, 4.69) is 40.3 Å². The zero-order valence-corrected chi connectivity index (χ0v) is 18.2.